The van der Waals surface area contributed by atoms with Crippen molar-refractivity contribution in [2.45, 2.75) is 33.4 Å². The van der Waals surface area contributed by atoms with Gasteiger partial charge in [-0.15, -0.1) is 0 Å². The van der Waals surface area contributed by atoms with Gasteiger partial charge in [-0.05, 0) is 18.6 Å². The lowest BCUT2D eigenvalue weighted by Gasteiger charge is -2.09. The van der Waals surface area contributed by atoms with Gasteiger partial charge in [-0.1, -0.05) is 20.8 Å². The van der Waals surface area contributed by atoms with E-state index in [-0.39, 0.29) is 5.69 Å². The molecule has 0 aliphatic heterocycles. The SMILES string of the molecule is CC.CCc1ncccc1C(F)(F)F. The second kappa shape index (κ2) is 5.62. The summed E-state index contributed by atoms with van der Waals surface area (Å²) in [5, 5.41) is 0. The van der Waals surface area contributed by atoms with Crippen LogP contribution in [0.3, 0.4) is 0 Å². The Kier molecular flexibility index (Phi) is 5.20. The largest absolute Gasteiger partial charge is 0.418 e. The third-order valence-electron chi connectivity index (χ3n) is 1.53. The minimum Gasteiger partial charge on any atom is -0.261 e. The Balaban J connectivity index is 0.000000791. The molecule has 1 nitrogen and oxygen atoms in total. The van der Waals surface area contributed by atoms with Gasteiger partial charge in [0.2, 0.25) is 0 Å². The first kappa shape index (κ1) is 12.9. The second-order valence-corrected chi connectivity index (χ2v) is 2.35. The molecular formula is C10H14F3N. The highest BCUT2D eigenvalue weighted by atomic mass is 19.4. The number of aromatic nitrogens is 1. The summed E-state index contributed by atoms with van der Waals surface area (Å²) in [5.74, 6) is 0. The molecule has 14 heavy (non-hydrogen) atoms. The average molecular weight is 205 g/mol. The van der Waals surface area contributed by atoms with Gasteiger partial charge in [0.15, 0.2) is 0 Å². The molecule has 0 radical (unpaired) electrons. The first-order chi connectivity index (χ1) is 6.55. The Hall–Kier alpha value is -1.06. The molecule has 80 valence electrons. The standard InChI is InChI=1S/C8H8F3N.C2H6/c1-2-7-6(8(9,10)11)4-3-5-12-7;1-2/h3-5H,2H2,1H3;1-2H3. The number of aryl methyl sites for hydroxylation is 1. The third-order valence-corrected chi connectivity index (χ3v) is 1.53. The molecule has 4 heteroatoms. The summed E-state index contributed by atoms with van der Waals surface area (Å²) in [6, 6.07) is 2.34. The van der Waals surface area contributed by atoms with Crippen molar-refractivity contribution in [1.82, 2.24) is 4.98 Å². The molecule has 0 saturated heterocycles. The molecule has 1 aromatic rings. The molecule has 0 spiro atoms. The average Bonchev–Trinajstić information content (AvgIpc) is 2.19. The predicted octanol–water partition coefficient (Wildman–Crippen LogP) is 3.69. The Morgan fingerprint density at radius 2 is 1.86 bits per heavy atom. The maximum absolute atomic E-state index is 12.2. The fourth-order valence-electron chi connectivity index (χ4n) is 0.978. The van der Waals surface area contributed by atoms with Gasteiger partial charge in [0, 0.05) is 6.20 Å². The van der Waals surface area contributed by atoms with Crippen LogP contribution in [0.15, 0.2) is 18.3 Å². The zero-order valence-electron chi connectivity index (χ0n) is 8.52. The molecule has 0 aliphatic rings. The van der Waals surface area contributed by atoms with E-state index in [4.69, 9.17) is 0 Å². The van der Waals surface area contributed by atoms with Crippen molar-refractivity contribution in [3.63, 3.8) is 0 Å². The third kappa shape index (κ3) is 3.36. The Morgan fingerprint density at radius 1 is 1.29 bits per heavy atom. The maximum atomic E-state index is 12.2. The second-order valence-electron chi connectivity index (χ2n) is 2.35. The lowest BCUT2D eigenvalue weighted by atomic mass is 10.1. The molecule has 1 aromatic heterocycles. The van der Waals surface area contributed by atoms with Crippen molar-refractivity contribution in [3.05, 3.63) is 29.6 Å². The molecule has 0 aliphatic carbocycles. The van der Waals surface area contributed by atoms with Crippen LogP contribution in [-0.4, -0.2) is 4.98 Å². The molecule has 0 fully saturated rings. The van der Waals surface area contributed by atoms with Gasteiger partial charge in [-0.2, -0.15) is 13.2 Å². The molecule has 0 saturated carbocycles. The van der Waals surface area contributed by atoms with Gasteiger partial charge in [-0.25, -0.2) is 0 Å². The van der Waals surface area contributed by atoms with Gasteiger partial charge in [-0.3, -0.25) is 4.98 Å². The van der Waals surface area contributed by atoms with E-state index in [1.54, 1.807) is 6.92 Å². The molecular weight excluding hydrogens is 191 g/mol. The van der Waals surface area contributed by atoms with Crippen LogP contribution in [0.2, 0.25) is 0 Å². The highest BCUT2D eigenvalue weighted by molar-refractivity contribution is 5.22. The summed E-state index contributed by atoms with van der Waals surface area (Å²) in [7, 11) is 0. The fourth-order valence-corrected chi connectivity index (χ4v) is 0.978. The van der Waals surface area contributed by atoms with E-state index in [2.05, 4.69) is 4.98 Å². The Morgan fingerprint density at radius 3 is 2.21 bits per heavy atom. The zero-order valence-corrected chi connectivity index (χ0v) is 8.52. The molecule has 1 heterocycles. The molecule has 0 unspecified atom stereocenters. The number of hydrogen-bond donors (Lipinski definition) is 0. The molecule has 0 amide bonds. The van der Waals surface area contributed by atoms with Crippen molar-refractivity contribution >= 4 is 0 Å². The van der Waals surface area contributed by atoms with Crippen molar-refractivity contribution in [3.8, 4) is 0 Å². The van der Waals surface area contributed by atoms with E-state index in [1.165, 1.54) is 12.3 Å². The summed E-state index contributed by atoms with van der Waals surface area (Å²) in [4.78, 5) is 3.64. The molecule has 0 N–H and O–H groups in total. The van der Waals surface area contributed by atoms with Crippen LogP contribution < -0.4 is 0 Å². The van der Waals surface area contributed by atoms with Crippen molar-refractivity contribution in [2.24, 2.45) is 0 Å². The zero-order chi connectivity index (χ0) is 11.2. The molecule has 1 rings (SSSR count). The topological polar surface area (TPSA) is 12.9 Å². The first-order valence-corrected chi connectivity index (χ1v) is 4.56. The Labute approximate surface area is 82.0 Å². The smallest absolute Gasteiger partial charge is 0.261 e. The van der Waals surface area contributed by atoms with E-state index in [0.29, 0.717) is 6.42 Å². The van der Waals surface area contributed by atoms with Crippen LogP contribution in [-0.2, 0) is 12.6 Å². The van der Waals surface area contributed by atoms with Gasteiger partial charge in [0.1, 0.15) is 0 Å². The number of alkyl halides is 3. The number of hydrogen-bond acceptors (Lipinski definition) is 1. The van der Waals surface area contributed by atoms with E-state index < -0.39 is 11.7 Å². The highest BCUT2D eigenvalue weighted by Gasteiger charge is 2.32. The number of rotatable bonds is 1. The van der Waals surface area contributed by atoms with Gasteiger partial charge in [0.25, 0.3) is 0 Å². The predicted molar refractivity (Wildman–Crippen MR) is 50.0 cm³/mol. The van der Waals surface area contributed by atoms with Crippen LogP contribution in [0.5, 0.6) is 0 Å². The van der Waals surface area contributed by atoms with E-state index in [1.807, 2.05) is 13.8 Å². The van der Waals surface area contributed by atoms with Crippen LogP contribution in [0, 0.1) is 0 Å². The quantitative estimate of drug-likeness (QED) is 0.681. The van der Waals surface area contributed by atoms with Crippen LogP contribution in [0.1, 0.15) is 32.0 Å². The number of halogens is 3. The first-order valence-electron chi connectivity index (χ1n) is 4.56. The van der Waals surface area contributed by atoms with Gasteiger partial charge >= 0.3 is 6.18 Å². The molecule has 0 bridgehead atoms. The van der Waals surface area contributed by atoms with Crippen LogP contribution in [0.25, 0.3) is 0 Å². The minimum atomic E-state index is -4.28. The van der Waals surface area contributed by atoms with Crippen molar-refractivity contribution in [2.75, 3.05) is 0 Å². The fraction of sp³-hybridized carbons (Fsp3) is 0.500. The minimum absolute atomic E-state index is 0.102. The van der Waals surface area contributed by atoms with E-state index >= 15 is 0 Å². The van der Waals surface area contributed by atoms with Crippen LogP contribution >= 0.6 is 0 Å². The summed E-state index contributed by atoms with van der Waals surface area (Å²) in [5.41, 5.74) is -0.530. The van der Waals surface area contributed by atoms with Crippen molar-refractivity contribution in [1.29, 1.82) is 0 Å². The maximum Gasteiger partial charge on any atom is 0.418 e. The summed E-state index contributed by atoms with van der Waals surface area (Å²) < 4.78 is 36.6. The number of pyridine rings is 1. The summed E-state index contributed by atoms with van der Waals surface area (Å²) in [6.45, 7) is 5.65. The van der Waals surface area contributed by atoms with Crippen LogP contribution in [0.4, 0.5) is 13.2 Å². The monoisotopic (exact) mass is 205 g/mol. The molecule has 0 atom stereocenters. The van der Waals surface area contributed by atoms with Gasteiger partial charge in [0.05, 0.1) is 11.3 Å². The van der Waals surface area contributed by atoms with E-state index in [9.17, 15) is 13.2 Å². The van der Waals surface area contributed by atoms with E-state index in [0.717, 1.165) is 6.07 Å². The summed E-state index contributed by atoms with van der Waals surface area (Å²) >= 11 is 0. The lowest BCUT2D eigenvalue weighted by molar-refractivity contribution is -0.138. The summed E-state index contributed by atoms with van der Waals surface area (Å²) in [6.07, 6.45) is -2.61. The Bertz CT molecular complexity index is 268. The van der Waals surface area contributed by atoms with Gasteiger partial charge < -0.3 is 0 Å². The molecule has 0 aromatic carbocycles. The lowest BCUT2D eigenvalue weighted by Crippen LogP contribution is -2.09. The highest BCUT2D eigenvalue weighted by Crippen LogP contribution is 2.30. The van der Waals surface area contributed by atoms with Crippen molar-refractivity contribution < 1.29 is 13.2 Å². The number of nitrogens with zero attached hydrogens (tertiary/aromatic N) is 1. The normalized spacial score (nSPS) is 10.4.